The average molecular weight is 296 g/mol. The fourth-order valence-electron chi connectivity index (χ4n) is 4.98. The number of rotatable bonds is 7. The van der Waals surface area contributed by atoms with Gasteiger partial charge in [0.15, 0.2) is 0 Å². The Kier molecular flexibility index (Phi) is 7.53. The zero-order chi connectivity index (χ0) is 15.1. The lowest BCUT2D eigenvalue weighted by Crippen LogP contribution is -2.36. The predicted octanol–water partition coefficient (Wildman–Crippen LogP) is 6.06. The van der Waals surface area contributed by atoms with Crippen LogP contribution in [0, 0.1) is 23.7 Å². The van der Waals surface area contributed by atoms with Crippen LogP contribution in [0.5, 0.6) is 0 Å². The first-order valence-electron chi connectivity index (χ1n) is 9.58. The minimum absolute atomic E-state index is 0.121. The smallest absolute Gasteiger partial charge is 0.0983 e. The highest BCUT2D eigenvalue weighted by atomic mass is 17.1. The Bertz CT molecular complexity index is 237. The second-order valence-electron chi connectivity index (χ2n) is 7.71. The van der Waals surface area contributed by atoms with Crippen molar-refractivity contribution in [1.82, 2.24) is 0 Å². The molecule has 1 N–H and O–H groups in total. The van der Waals surface area contributed by atoms with E-state index in [-0.39, 0.29) is 6.10 Å². The van der Waals surface area contributed by atoms with Crippen LogP contribution in [0.4, 0.5) is 0 Å². The van der Waals surface area contributed by atoms with Crippen molar-refractivity contribution in [3.8, 4) is 0 Å². The normalized spacial score (nSPS) is 35.6. The van der Waals surface area contributed by atoms with Crippen LogP contribution in [0.3, 0.4) is 0 Å². The molecule has 0 aromatic carbocycles. The highest BCUT2D eigenvalue weighted by Crippen LogP contribution is 2.41. The van der Waals surface area contributed by atoms with Crippen LogP contribution in [-0.4, -0.2) is 11.4 Å². The zero-order valence-electron chi connectivity index (χ0n) is 14.2. The number of hydrogen-bond acceptors (Lipinski definition) is 2. The molecule has 0 atom stereocenters. The van der Waals surface area contributed by atoms with E-state index in [1.807, 2.05) is 0 Å². The molecule has 0 saturated heterocycles. The molecule has 2 saturated carbocycles. The van der Waals surface area contributed by atoms with Gasteiger partial charge in [-0.25, -0.2) is 4.89 Å². The first kappa shape index (κ1) is 17.3. The molecular weight excluding hydrogens is 260 g/mol. The largest absolute Gasteiger partial charge is 0.252 e. The summed E-state index contributed by atoms with van der Waals surface area (Å²) in [5.74, 6) is 3.09. The third-order valence-electron chi connectivity index (χ3n) is 6.23. The van der Waals surface area contributed by atoms with Gasteiger partial charge in [0.05, 0.1) is 6.10 Å². The van der Waals surface area contributed by atoms with Crippen molar-refractivity contribution in [1.29, 1.82) is 0 Å². The van der Waals surface area contributed by atoms with Crippen LogP contribution in [0.25, 0.3) is 0 Å². The van der Waals surface area contributed by atoms with Crippen LogP contribution < -0.4 is 0 Å². The van der Waals surface area contributed by atoms with Crippen molar-refractivity contribution in [3.05, 3.63) is 0 Å². The molecule has 0 aliphatic heterocycles. The quantitative estimate of drug-likeness (QED) is 0.457. The Morgan fingerprint density at radius 2 is 1.14 bits per heavy atom. The van der Waals surface area contributed by atoms with Crippen molar-refractivity contribution in [3.63, 3.8) is 0 Å². The first-order valence-corrected chi connectivity index (χ1v) is 9.58. The van der Waals surface area contributed by atoms with Crippen molar-refractivity contribution < 1.29 is 10.1 Å². The van der Waals surface area contributed by atoms with Gasteiger partial charge in [-0.3, -0.25) is 5.26 Å². The Balaban J connectivity index is 1.78. The predicted molar refractivity (Wildman–Crippen MR) is 88.2 cm³/mol. The molecule has 0 heterocycles. The molecule has 2 nitrogen and oxygen atoms in total. The first-order chi connectivity index (χ1) is 10.3. The van der Waals surface area contributed by atoms with Gasteiger partial charge < -0.3 is 0 Å². The standard InChI is InChI=1S/C19H36O2/c1-3-5-15-7-11-17(12-8-15)19(21-20)18-13-9-16(6-4-2)10-14-18/h15-20H,3-14H2,1-2H3. The summed E-state index contributed by atoms with van der Waals surface area (Å²) in [6.45, 7) is 4.58. The summed E-state index contributed by atoms with van der Waals surface area (Å²) in [6, 6.07) is 0. The van der Waals surface area contributed by atoms with Gasteiger partial charge in [-0.2, -0.15) is 0 Å². The summed E-state index contributed by atoms with van der Waals surface area (Å²) < 4.78 is 0. The van der Waals surface area contributed by atoms with Crippen LogP contribution in [0.1, 0.15) is 90.9 Å². The van der Waals surface area contributed by atoms with E-state index in [0.29, 0.717) is 11.8 Å². The van der Waals surface area contributed by atoms with Gasteiger partial charge in [0.1, 0.15) is 0 Å². The lowest BCUT2D eigenvalue weighted by molar-refractivity contribution is -0.307. The highest BCUT2D eigenvalue weighted by molar-refractivity contribution is 4.85. The van der Waals surface area contributed by atoms with Crippen LogP contribution in [0.15, 0.2) is 0 Å². The molecule has 0 unspecified atom stereocenters. The highest BCUT2D eigenvalue weighted by Gasteiger charge is 2.35. The topological polar surface area (TPSA) is 29.5 Å². The molecule has 0 bridgehead atoms. The van der Waals surface area contributed by atoms with Crippen molar-refractivity contribution >= 4 is 0 Å². The lowest BCUT2D eigenvalue weighted by atomic mass is 9.70. The monoisotopic (exact) mass is 296 g/mol. The SMILES string of the molecule is CCCC1CCC(C(OO)C2CCC(CCC)CC2)CC1. The van der Waals surface area contributed by atoms with Crippen LogP contribution in [-0.2, 0) is 4.89 Å². The van der Waals surface area contributed by atoms with Crippen LogP contribution in [0.2, 0.25) is 0 Å². The Labute approximate surface area is 131 Å². The summed E-state index contributed by atoms with van der Waals surface area (Å²) in [5, 5.41) is 9.47. The summed E-state index contributed by atoms with van der Waals surface area (Å²) in [5.41, 5.74) is 0. The van der Waals surface area contributed by atoms with Gasteiger partial charge in [0.25, 0.3) is 0 Å². The molecule has 0 spiro atoms. The lowest BCUT2D eigenvalue weighted by Gasteiger charge is -2.38. The molecule has 2 aliphatic rings. The minimum Gasteiger partial charge on any atom is -0.252 e. The number of hydrogen-bond donors (Lipinski definition) is 1. The van der Waals surface area contributed by atoms with E-state index >= 15 is 0 Å². The molecule has 21 heavy (non-hydrogen) atoms. The molecule has 124 valence electrons. The van der Waals surface area contributed by atoms with Gasteiger partial charge in [0, 0.05) is 0 Å². The second-order valence-corrected chi connectivity index (χ2v) is 7.71. The van der Waals surface area contributed by atoms with E-state index in [9.17, 15) is 5.26 Å². The summed E-state index contributed by atoms with van der Waals surface area (Å²) in [7, 11) is 0. The fraction of sp³-hybridized carbons (Fsp3) is 1.00. The van der Waals surface area contributed by atoms with Crippen LogP contribution >= 0.6 is 0 Å². The maximum absolute atomic E-state index is 9.47. The van der Waals surface area contributed by atoms with E-state index in [0.717, 1.165) is 11.8 Å². The van der Waals surface area contributed by atoms with Crippen molar-refractivity contribution in [2.24, 2.45) is 23.7 Å². The molecule has 0 radical (unpaired) electrons. The maximum Gasteiger partial charge on any atom is 0.0983 e. The van der Waals surface area contributed by atoms with E-state index in [2.05, 4.69) is 13.8 Å². The molecular formula is C19H36O2. The van der Waals surface area contributed by atoms with E-state index in [1.54, 1.807) is 0 Å². The van der Waals surface area contributed by atoms with Gasteiger partial charge in [-0.15, -0.1) is 0 Å². The zero-order valence-corrected chi connectivity index (χ0v) is 14.2. The molecule has 2 aliphatic carbocycles. The molecule has 2 heteroatoms. The molecule has 0 aromatic heterocycles. The molecule has 2 rings (SSSR count). The van der Waals surface area contributed by atoms with Gasteiger partial charge in [0.2, 0.25) is 0 Å². The third kappa shape index (κ3) is 4.96. The molecule has 0 amide bonds. The van der Waals surface area contributed by atoms with E-state index < -0.39 is 0 Å². The van der Waals surface area contributed by atoms with E-state index in [4.69, 9.17) is 4.89 Å². The minimum atomic E-state index is 0.121. The Morgan fingerprint density at radius 3 is 1.43 bits per heavy atom. The Hall–Kier alpha value is -0.0800. The van der Waals surface area contributed by atoms with Gasteiger partial charge >= 0.3 is 0 Å². The second kappa shape index (κ2) is 9.15. The van der Waals surface area contributed by atoms with Crippen molar-refractivity contribution in [2.75, 3.05) is 0 Å². The summed E-state index contributed by atoms with van der Waals surface area (Å²) in [4.78, 5) is 5.02. The Morgan fingerprint density at radius 1 is 0.762 bits per heavy atom. The average Bonchev–Trinajstić information content (AvgIpc) is 2.52. The molecule has 2 fully saturated rings. The van der Waals surface area contributed by atoms with Crippen molar-refractivity contribution in [2.45, 2.75) is 97.0 Å². The van der Waals surface area contributed by atoms with Gasteiger partial charge in [-0.1, -0.05) is 65.2 Å². The fourth-order valence-corrected chi connectivity index (χ4v) is 4.98. The van der Waals surface area contributed by atoms with Gasteiger partial charge in [-0.05, 0) is 49.4 Å². The third-order valence-corrected chi connectivity index (χ3v) is 6.23. The molecule has 0 aromatic rings. The maximum atomic E-state index is 9.47. The summed E-state index contributed by atoms with van der Waals surface area (Å²) >= 11 is 0. The summed E-state index contributed by atoms with van der Waals surface area (Å²) in [6.07, 6.45) is 16.0. The van der Waals surface area contributed by atoms with E-state index in [1.165, 1.54) is 77.0 Å².